The normalized spacial score (nSPS) is 21.3. The van der Waals surface area contributed by atoms with Gasteiger partial charge < -0.3 is 9.30 Å². The van der Waals surface area contributed by atoms with Crippen molar-refractivity contribution in [2.75, 3.05) is 7.11 Å². The van der Waals surface area contributed by atoms with Crippen LogP contribution < -0.4 is 0 Å². The predicted molar refractivity (Wildman–Crippen MR) is 78.9 cm³/mol. The number of fused-ring (bicyclic) bond motifs is 1. The van der Waals surface area contributed by atoms with Gasteiger partial charge in [-0.3, -0.25) is 0 Å². The molecule has 2 atom stereocenters. The molecule has 2 heterocycles. The fourth-order valence-corrected chi connectivity index (χ4v) is 3.85. The molecule has 1 aromatic carbocycles. The smallest absolute Gasteiger partial charge is 0.356 e. The quantitative estimate of drug-likeness (QED) is 0.797. The van der Waals surface area contributed by atoms with Crippen LogP contribution in [0.3, 0.4) is 0 Å². The summed E-state index contributed by atoms with van der Waals surface area (Å²) in [6.45, 7) is 2.19. The highest BCUT2D eigenvalue weighted by atomic mass is 32.2. The van der Waals surface area contributed by atoms with E-state index in [1.807, 2.05) is 22.4 Å². The maximum absolute atomic E-state index is 11.9. The first-order valence-corrected chi connectivity index (χ1v) is 7.56. The van der Waals surface area contributed by atoms with Gasteiger partial charge in [0, 0.05) is 11.0 Å². The minimum absolute atomic E-state index is 0.113. The Bertz CT molecular complexity index is 638. The van der Waals surface area contributed by atoms with Gasteiger partial charge in [-0.15, -0.1) is 0 Å². The minimum atomic E-state index is -0.345. The molecule has 20 heavy (non-hydrogen) atoms. The van der Waals surface area contributed by atoms with Gasteiger partial charge in [0.1, 0.15) is 5.69 Å². The molecule has 4 nitrogen and oxygen atoms in total. The van der Waals surface area contributed by atoms with Crippen LogP contribution in [0.25, 0.3) is 0 Å². The van der Waals surface area contributed by atoms with E-state index in [1.165, 1.54) is 18.2 Å². The SMILES string of the molecule is COC(=O)c1cncn1C1c2ccccc2CSC1C. The van der Waals surface area contributed by atoms with Gasteiger partial charge in [-0.2, -0.15) is 11.8 Å². The van der Waals surface area contributed by atoms with Gasteiger partial charge in [0.15, 0.2) is 0 Å². The molecule has 0 N–H and O–H groups in total. The van der Waals surface area contributed by atoms with Crippen molar-refractivity contribution in [1.82, 2.24) is 9.55 Å². The maximum Gasteiger partial charge on any atom is 0.356 e. The van der Waals surface area contributed by atoms with E-state index in [0.717, 1.165) is 5.75 Å². The van der Waals surface area contributed by atoms with E-state index in [1.54, 1.807) is 12.5 Å². The van der Waals surface area contributed by atoms with Gasteiger partial charge in [-0.05, 0) is 11.1 Å². The molecule has 5 heteroatoms. The number of esters is 1. The number of rotatable bonds is 2. The molecule has 1 aliphatic rings. The third-order valence-corrected chi connectivity index (χ3v) is 4.94. The van der Waals surface area contributed by atoms with E-state index in [-0.39, 0.29) is 12.0 Å². The van der Waals surface area contributed by atoms with Crippen molar-refractivity contribution in [3.05, 3.63) is 53.6 Å². The molecule has 0 bridgehead atoms. The lowest BCUT2D eigenvalue weighted by atomic mass is 9.98. The Morgan fingerprint density at radius 3 is 3.05 bits per heavy atom. The van der Waals surface area contributed by atoms with Crippen molar-refractivity contribution in [3.8, 4) is 0 Å². The Labute approximate surface area is 122 Å². The number of benzene rings is 1. The number of hydrogen-bond acceptors (Lipinski definition) is 4. The lowest BCUT2D eigenvalue weighted by molar-refractivity contribution is 0.0587. The van der Waals surface area contributed by atoms with E-state index in [4.69, 9.17) is 4.74 Å². The number of carbonyl (C=O) groups is 1. The van der Waals surface area contributed by atoms with Gasteiger partial charge in [0.05, 0.1) is 25.7 Å². The zero-order chi connectivity index (χ0) is 14.1. The molecule has 0 saturated carbocycles. The van der Waals surface area contributed by atoms with Crippen LogP contribution in [-0.2, 0) is 10.5 Å². The Morgan fingerprint density at radius 1 is 1.45 bits per heavy atom. The molecule has 0 amide bonds. The van der Waals surface area contributed by atoms with Gasteiger partial charge in [-0.1, -0.05) is 31.2 Å². The van der Waals surface area contributed by atoms with Gasteiger partial charge >= 0.3 is 5.97 Å². The molecule has 3 rings (SSSR count). The van der Waals surface area contributed by atoms with E-state index in [9.17, 15) is 4.79 Å². The second-order valence-electron chi connectivity index (χ2n) is 4.84. The molecular formula is C15H16N2O2S. The highest BCUT2D eigenvalue weighted by Crippen LogP contribution is 2.40. The standard InChI is InChI=1S/C15H16N2O2S/c1-10-14(12-6-4-3-5-11(12)8-20-10)17-9-16-7-13(17)15(18)19-2/h3-7,9-10,14H,8H2,1-2H3. The molecule has 0 radical (unpaired) electrons. The van der Waals surface area contributed by atoms with Crippen LogP contribution in [0.15, 0.2) is 36.8 Å². The monoisotopic (exact) mass is 288 g/mol. The van der Waals surface area contributed by atoms with Crippen LogP contribution >= 0.6 is 11.8 Å². The highest BCUT2D eigenvalue weighted by molar-refractivity contribution is 7.99. The van der Waals surface area contributed by atoms with E-state index in [2.05, 4.69) is 30.1 Å². The van der Waals surface area contributed by atoms with Gasteiger partial charge in [-0.25, -0.2) is 9.78 Å². The third-order valence-electron chi connectivity index (χ3n) is 3.68. The number of thioether (sulfide) groups is 1. The second-order valence-corrected chi connectivity index (χ2v) is 6.20. The predicted octanol–water partition coefficient (Wildman–Crippen LogP) is 2.89. The molecule has 0 spiro atoms. The van der Waals surface area contributed by atoms with E-state index < -0.39 is 0 Å². The minimum Gasteiger partial charge on any atom is -0.464 e. The van der Waals surface area contributed by atoms with Crippen LogP contribution in [0, 0.1) is 0 Å². The highest BCUT2D eigenvalue weighted by Gasteiger charge is 2.30. The molecule has 104 valence electrons. The third kappa shape index (κ3) is 2.12. The molecule has 2 aromatic rings. The van der Waals surface area contributed by atoms with Crippen molar-refractivity contribution in [2.45, 2.75) is 24.0 Å². The summed E-state index contributed by atoms with van der Waals surface area (Å²) in [6, 6.07) is 8.50. The van der Waals surface area contributed by atoms with Crippen LogP contribution in [0.5, 0.6) is 0 Å². The molecule has 2 unspecified atom stereocenters. The largest absolute Gasteiger partial charge is 0.464 e. The van der Waals surface area contributed by atoms with Crippen molar-refractivity contribution in [1.29, 1.82) is 0 Å². The van der Waals surface area contributed by atoms with Crippen LogP contribution in [0.2, 0.25) is 0 Å². The fourth-order valence-electron chi connectivity index (χ4n) is 2.68. The Hall–Kier alpha value is -1.75. The summed E-state index contributed by atoms with van der Waals surface area (Å²) in [5.74, 6) is 0.665. The fraction of sp³-hybridized carbons (Fsp3) is 0.333. The van der Waals surface area contributed by atoms with Crippen molar-refractivity contribution in [3.63, 3.8) is 0 Å². The van der Waals surface area contributed by atoms with Gasteiger partial charge in [0.25, 0.3) is 0 Å². The zero-order valence-electron chi connectivity index (χ0n) is 11.4. The summed E-state index contributed by atoms with van der Waals surface area (Å²) < 4.78 is 6.77. The summed E-state index contributed by atoms with van der Waals surface area (Å²) in [5.41, 5.74) is 3.09. The first-order valence-electron chi connectivity index (χ1n) is 6.52. The number of ether oxygens (including phenoxy) is 1. The topological polar surface area (TPSA) is 44.1 Å². The van der Waals surface area contributed by atoms with Crippen molar-refractivity contribution < 1.29 is 9.53 Å². The lowest BCUT2D eigenvalue weighted by Gasteiger charge is -2.32. The number of aromatic nitrogens is 2. The molecule has 1 aliphatic heterocycles. The van der Waals surface area contributed by atoms with Crippen LogP contribution in [0.4, 0.5) is 0 Å². The maximum atomic E-state index is 11.9. The zero-order valence-corrected chi connectivity index (χ0v) is 12.3. The van der Waals surface area contributed by atoms with Crippen LogP contribution in [0.1, 0.15) is 34.6 Å². The summed E-state index contributed by atoms with van der Waals surface area (Å²) in [7, 11) is 1.40. The lowest BCUT2D eigenvalue weighted by Crippen LogP contribution is -2.27. The van der Waals surface area contributed by atoms with Crippen LogP contribution in [-0.4, -0.2) is 27.9 Å². The summed E-state index contributed by atoms with van der Waals surface area (Å²) >= 11 is 1.89. The molecule has 1 aromatic heterocycles. The molecule has 0 fully saturated rings. The molecule has 0 saturated heterocycles. The summed E-state index contributed by atoms with van der Waals surface area (Å²) in [6.07, 6.45) is 3.29. The summed E-state index contributed by atoms with van der Waals surface area (Å²) in [4.78, 5) is 16.0. The molecular weight excluding hydrogens is 272 g/mol. The van der Waals surface area contributed by atoms with Crippen molar-refractivity contribution >= 4 is 17.7 Å². The first-order chi connectivity index (χ1) is 9.72. The average Bonchev–Trinajstić information content (AvgIpc) is 2.95. The number of nitrogens with zero attached hydrogens (tertiary/aromatic N) is 2. The Morgan fingerprint density at radius 2 is 2.25 bits per heavy atom. The Kier molecular flexibility index (Phi) is 3.53. The average molecular weight is 288 g/mol. The Balaban J connectivity index is 2.10. The number of carbonyl (C=O) groups excluding carboxylic acids is 1. The number of imidazole rings is 1. The van der Waals surface area contributed by atoms with Crippen molar-refractivity contribution in [2.24, 2.45) is 0 Å². The number of hydrogen-bond donors (Lipinski definition) is 0. The summed E-state index contributed by atoms with van der Waals surface area (Å²) in [5, 5.41) is 0.377. The first kappa shape index (κ1) is 13.2. The van der Waals surface area contributed by atoms with E-state index >= 15 is 0 Å². The van der Waals surface area contributed by atoms with Gasteiger partial charge in [0.2, 0.25) is 0 Å². The number of methoxy groups -OCH3 is 1. The molecule has 0 aliphatic carbocycles. The second kappa shape index (κ2) is 5.32. The van der Waals surface area contributed by atoms with E-state index in [0.29, 0.717) is 10.9 Å².